The minimum Gasteiger partial charge on any atom is -0.497 e. The molecule has 0 saturated carbocycles. The van der Waals surface area contributed by atoms with Gasteiger partial charge in [-0.25, -0.2) is 0 Å². The number of rotatable bonds is 3. The number of benzene rings is 1. The van der Waals surface area contributed by atoms with E-state index in [0.717, 1.165) is 16.9 Å². The van der Waals surface area contributed by atoms with Crippen LogP contribution in [0.25, 0.3) is 0 Å². The second kappa shape index (κ2) is 4.58. The lowest BCUT2D eigenvalue weighted by atomic mass is 10.1. The number of hydrogen-bond acceptors (Lipinski definition) is 1. The summed E-state index contributed by atoms with van der Waals surface area (Å²) in [5, 5.41) is 0. The molecule has 0 amide bonds. The van der Waals surface area contributed by atoms with Crippen LogP contribution in [0, 0.1) is 0 Å². The lowest BCUT2D eigenvalue weighted by Crippen LogP contribution is -1.90. The predicted octanol–water partition coefficient (Wildman–Crippen LogP) is 3.17. The van der Waals surface area contributed by atoms with Crippen molar-refractivity contribution in [1.82, 2.24) is 0 Å². The van der Waals surface area contributed by atoms with Crippen LogP contribution in [0.15, 0.2) is 18.2 Å². The van der Waals surface area contributed by atoms with Crippen molar-refractivity contribution in [2.45, 2.75) is 11.8 Å². The molecule has 0 aliphatic rings. The smallest absolute Gasteiger partial charge is 0.119 e. The maximum Gasteiger partial charge on any atom is 0.119 e. The van der Waals surface area contributed by atoms with Gasteiger partial charge in [0.05, 0.1) is 7.11 Å². The molecule has 0 aliphatic carbocycles. The number of halogens is 2. The van der Waals surface area contributed by atoms with Gasteiger partial charge in [0, 0.05) is 11.8 Å². The molecule has 0 spiro atoms. The topological polar surface area (TPSA) is 9.23 Å². The summed E-state index contributed by atoms with van der Waals surface area (Å²) >= 11 is 11.4. The summed E-state index contributed by atoms with van der Waals surface area (Å²) in [5.74, 6) is 1.78. The van der Waals surface area contributed by atoms with E-state index in [9.17, 15) is 0 Å². The molecule has 3 heteroatoms. The SMILES string of the molecule is COc1ccc(CCl)c(CCl)c1. The van der Waals surface area contributed by atoms with Gasteiger partial charge in [0.2, 0.25) is 0 Å². The van der Waals surface area contributed by atoms with Crippen molar-refractivity contribution >= 4 is 23.2 Å². The van der Waals surface area contributed by atoms with E-state index in [1.54, 1.807) is 7.11 Å². The standard InChI is InChI=1S/C9H10Cl2O/c1-12-9-3-2-7(5-10)8(4-9)6-11/h2-4H,5-6H2,1H3. The van der Waals surface area contributed by atoms with Gasteiger partial charge in [-0.15, -0.1) is 23.2 Å². The van der Waals surface area contributed by atoms with Gasteiger partial charge in [0.1, 0.15) is 5.75 Å². The molecule has 0 fully saturated rings. The van der Waals surface area contributed by atoms with E-state index >= 15 is 0 Å². The Bertz CT molecular complexity index is 261. The van der Waals surface area contributed by atoms with E-state index < -0.39 is 0 Å². The summed E-state index contributed by atoms with van der Waals surface area (Å²) in [5.41, 5.74) is 2.10. The van der Waals surface area contributed by atoms with Gasteiger partial charge in [-0.1, -0.05) is 6.07 Å². The molecule has 1 nitrogen and oxygen atoms in total. The maximum atomic E-state index is 5.73. The molecule has 0 atom stereocenters. The maximum absolute atomic E-state index is 5.73. The zero-order valence-corrected chi connectivity index (χ0v) is 8.32. The van der Waals surface area contributed by atoms with Crippen LogP contribution in [0.5, 0.6) is 5.75 Å². The molecule has 0 bridgehead atoms. The fourth-order valence-electron chi connectivity index (χ4n) is 0.984. The molecule has 0 saturated heterocycles. The van der Waals surface area contributed by atoms with Crippen LogP contribution in [0.3, 0.4) is 0 Å². The second-order valence-electron chi connectivity index (χ2n) is 2.40. The highest BCUT2D eigenvalue weighted by atomic mass is 35.5. The normalized spacial score (nSPS) is 9.92. The Morgan fingerprint density at radius 1 is 1.17 bits per heavy atom. The van der Waals surface area contributed by atoms with E-state index in [4.69, 9.17) is 27.9 Å². The molecule has 0 heterocycles. The molecule has 0 aliphatic heterocycles. The fraction of sp³-hybridized carbons (Fsp3) is 0.333. The fourth-order valence-corrected chi connectivity index (χ4v) is 1.49. The van der Waals surface area contributed by atoms with E-state index in [1.807, 2.05) is 18.2 Å². The first kappa shape index (κ1) is 9.69. The Kier molecular flexibility index (Phi) is 3.70. The summed E-state index contributed by atoms with van der Waals surface area (Å²) in [6.45, 7) is 0. The third-order valence-electron chi connectivity index (χ3n) is 1.70. The van der Waals surface area contributed by atoms with Crippen molar-refractivity contribution in [3.05, 3.63) is 29.3 Å². The molecule has 0 N–H and O–H groups in total. The monoisotopic (exact) mass is 204 g/mol. The molecule has 1 aromatic rings. The zero-order chi connectivity index (χ0) is 8.97. The van der Waals surface area contributed by atoms with Crippen molar-refractivity contribution in [3.8, 4) is 5.75 Å². The van der Waals surface area contributed by atoms with Gasteiger partial charge >= 0.3 is 0 Å². The Morgan fingerprint density at radius 2 is 1.83 bits per heavy atom. The summed E-state index contributed by atoms with van der Waals surface area (Å²) < 4.78 is 5.05. The van der Waals surface area contributed by atoms with Gasteiger partial charge in [-0.2, -0.15) is 0 Å². The molecule has 0 radical (unpaired) electrons. The minimum absolute atomic E-state index is 0.471. The summed E-state index contributed by atoms with van der Waals surface area (Å²) in [7, 11) is 1.63. The van der Waals surface area contributed by atoms with Crippen molar-refractivity contribution in [2.75, 3.05) is 7.11 Å². The third-order valence-corrected chi connectivity index (χ3v) is 2.28. The molecule has 12 heavy (non-hydrogen) atoms. The summed E-state index contributed by atoms with van der Waals surface area (Å²) in [6, 6.07) is 5.72. The van der Waals surface area contributed by atoms with E-state index in [-0.39, 0.29) is 0 Å². The van der Waals surface area contributed by atoms with E-state index in [0.29, 0.717) is 11.8 Å². The first-order chi connectivity index (χ1) is 5.81. The molecule has 0 unspecified atom stereocenters. The lowest BCUT2D eigenvalue weighted by molar-refractivity contribution is 0.414. The van der Waals surface area contributed by atoms with Crippen LogP contribution in [0.4, 0.5) is 0 Å². The van der Waals surface area contributed by atoms with Crippen LogP contribution in [-0.4, -0.2) is 7.11 Å². The van der Waals surface area contributed by atoms with Gasteiger partial charge in [-0.05, 0) is 23.3 Å². The van der Waals surface area contributed by atoms with Crippen molar-refractivity contribution in [2.24, 2.45) is 0 Å². The number of alkyl halides is 2. The quantitative estimate of drug-likeness (QED) is 0.688. The Morgan fingerprint density at radius 3 is 2.33 bits per heavy atom. The number of hydrogen-bond donors (Lipinski definition) is 0. The van der Waals surface area contributed by atoms with Gasteiger partial charge in [-0.3, -0.25) is 0 Å². The van der Waals surface area contributed by atoms with Gasteiger partial charge in [0.15, 0.2) is 0 Å². The molecule has 66 valence electrons. The van der Waals surface area contributed by atoms with Crippen LogP contribution in [0.1, 0.15) is 11.1 Å². The predicted molar refractivity (Wildman–Crippen MR) is 52.1 cm³/mol. The van der Waals surface area contributed by atoms with E-state index in [2.05, 4.69) is 0 Å². The summed E-state index contributed by atoms with van der Waals surface area (Å²) in [4.78, 5) is 0. The van der Waals surface area contributed by atoms with Crippen molar-refractivity contribution in [1.29, 1.82) is 0 Å². The van der Waals surface area contributed by atoms with Crippen molar-refractivity contribution < 1.29 is 4.74 Å². The van der Waals surface area contributed by atoms with Crippen LogP contribution in [0.2, 0.25) is 0 Å². The number of methoxy groups -OCH3 is 1. The average Bonchev–Trinajstić information content (AvgIpc) is 2.16. The highest BCUT2D eigenvalue weighted by Gasteiger charge is 2.01. The first-order valence-corrected chi connectivity index (χ1v) is 4.66. The summed E-state index contributed by atoms with van der Waals surface area (Å²) in [6.07, 6.45) is 0. The second-order valence-corrected chi connectivity index (χ2v) is 2.94. The molecule has 0 aromatic heterocycles. The average molecular weight is 205 g/mol. The van der Waals surface area contributed by atoms with Crippen LogP contribution in [-0.2, 0) is 11.8 Å². The van der Waals surface area contributed by atoms with E-state index in [1.165, 1.54) is 0 Å². The Balaban J connectivity index is 3.02. The van der Waals surface area contributed by atoms with Gasteiger partial charge < -0.3 is 4.74 Å². The molecular formula is C9H10Cl2O. The first-order valence-electron chi connectivity index (χ1n) is 3.59. The minimum atomic E-state index is 0.471. The molecule has 1 aromatic carbocycles. The third kappa shape index (κ3) is 2.05. The van der Waals surface area contributed by atoms with Crippen LogP contribution < -0.4 is 4.74 Å². The molecule has 1 rings (SSSR count). The van der Waals surface area contributed by atoms with Crippen LogP contribution >= 0.6 is 23.2 Å². The number of ether oxygens (including phenoxy) is 1. The lowest BCUT2D eigenvalue weighted by Gasteiger charge is -2.05. The Hall–Kier alpha value is -0.400. The highest BCUT2D eigenvalue weighted by Crippen LogP contribution is 2.20. The van der Waals surface area contributed by atoms with Gasteiger partial charge in [0.25, 0.3) is 0 Å². The molecular weight excluding hydrogens is 195 g/mol. The Labute approximate surface area is 82.2 Å². The van der Waals surface area contributed by atoms with Crippen molar-refractivity contribution in [3.63, 3.8) is 0 Å². The highest BCUT2D eigenvalue weighted by molar-refractivity contribution is 6.18. The zero-order valence-electron chi connectivity index (χ0n) is 6.81. The largest absolute Gasteiger partial charge is 0.497 e.